The molecule has 1 fully saturated rings. The molecule has 5 nitrogen and oxygen atoms in total. The highest BCUT2D eigenvalue weighted by Crippen LogP contribution is 2.44. The number of fused-ring (bicyclic) bond motifs is 6. The molecule has 3 heterocycles. The van der Waals surface area contributed by atoms with Crippen LogP contribution in [0.5, 0.6) is 0 Å². The SMILES string of the molecule is CN(C)Cc1ccccc1S(=O)(=O)c1cccc2c1c1c(n2C)CC2CCC1N2. The molecular formula is C23H27N3O2S. The summed E-state index contributed by atoms with van der Waals surface area (Å²) >= 11 is 0. The summed E-state index contributed by atoms with van der Waals surface area (Å²) in [6.07, 6.45) is 3.19. The first-order valence-corrected chi connectivity index (χ1v) is 11.7. The molecule has 2 atom stereocenters. The van der Waals surface area contributed by atoms with Crippen molar-refractivity contribution in [3.05, 3.63) is 59.3 Å². The van der Waals surface area contributed by atoms with E-state index in [2.05, 4.69) is 16.9 Å². The van der Waals surface area contributed by atoms with Crippen molar-refractivity contribution in [3.63, 3.8) is 0 Å². The van der Waals surface area contributed by atoms with E-state index in [4.69, 9.17) is 0 Å². The predicted octanol–water partition coefficient (Wildman–Crippen LogP) is 3.42. The third kappa shape index (κ3) is 2.85. The first-order valence-electron chi connectivity index (χ1n) is 10.2. The Hall–Kier alpha value is -2.15. The molecule has 1 aromatic heterocycles. The summed E-state index contributed by atoms with van der Waals surface area (Å²) in [5, 5.41) is 4.60. The Morgan fingerprint density at radius 3 is 2.62 bits per heavy atom. The number of rotatable bonds is 4. The smallest absolute Gasteiger partial charge is 0.207 e. The van der Waals surface area contributed by atoms with Gasteiger partial charge in [-0.2, -0.15) is 0 Å². The highest BCUT2D eigenvalue weighted by Gasteiger charge is 2.38. The van der Waals surface area contributed by atoms with E-state index < -0.39 is 9.84 Å². The van der Waals surface area contributed by atoms with Crippen LogP contribution in [0.25, 0.3) is 10.9 Å². The fraction of sp³-hybridized carbons (Fsp3) is 0.391. The average molecular weight is 410 g/mol. The number of aryl methyl sites for hydroxylation is 1. The van der Waals surface area contributed by atoms with Gasteiger partial charge >= 0.3 is 0 Å². The first kappa shape index (κ1) is 18.9. The maximum Gasteiger partial charge on any atom is 0.207 e. The number of aromatic nitrogens is 1. The Bertz CT molecular complexity index is 1210. The van der Waals surface area contributed by atoms with Gasteiger partial charge < -0.3 is 14.8 Å². The molecule has 1 N–H and O–H groups in total. The summed E-state index contributed by atoms with van der Waals surface area (Å²) in [7, 11) is 2.34. The predicted molar refractivity (Wildman–Crippen MR) is 115 cm³/mol. The van der Waals surface area contributed by atoms with Crippen LogP contribution in [-0.2, 0) is 29.9 Å². The molecule has 0 spiro atoms. The monoisotopic (exact) mass is 409 g/mol. The highest BCUT2D eigenvalue weighted by molar-refractivity contribution is 7.91. The summed E-state index contributed by atoms with van der Waals surface area (Å²) in [5.41, 5.74) is 4.32. The van der Waals surface area contributed by atoms with Gasteiger partial charge in [-0.3, -0.25) is 0 Å². The van der Waals surface area contributed by atoms with Crippen molar-refractivity contribution in [1.82, 2.24) is 14.8 Å². The van der Waals surface area contributed by atoms with E-state index in [1.54, 1.807) is 12.1 Å². The third-order valence-corrected chi connectivity index (χ3v) is 8.31. The lowest BCUT2D eigenvalue weighted by molar-refractivity contribution is 0.398. The van der Waals surface area contributed by atoms with E-state index in [9.17, 15) is 8.42 Å². The van der Waals surface area contributed by atoms with Gasteiger partial charge in [0, 0.05) is 48.7 Å². The Morgan fingerprint density at radius 1 is 1.07 bits per heavy atom. The summed E-state index contributed by atoms with van der Waals surface area (Å²) in [5.74, 6) is 0. The van der Waals surface area contributed by atoms with Crippen LogP contribution < -0.4 is 5.32 Å². The van der Waals surface area contributed by atoms with Crippen LogP contribution >= 0.6 is 0 Å². The fourth-order valence-electron chi connectivity index (χ4n) is 5.18. The van der Waals surface area contributed by atoms with Crippen LogP contribution in [-0.4, -0.2) is 38.0 Å². The average Bonchev–Trinajstić information content (AvgIpc) is 3.21. The number of hydrogen-bond acceptors (Lipinski definition) is 4. The van der Waals surface area contributed by atoms with E-state index >= 15 is 0 Å². The Balaban J connectivity index is 1.77. The zero-order chi connectivity index (χ0) is 20.3. The number of nitrogens with zero attached hydrogens (tertiary/aromatic N) is 2. The fourth-order valence-corrected chi connectivity index (χ4v) is 6.90. The molecule has 2 bridgehead atoms. The minimum atomic E-state index is -3.65. The zero-order valence-electron chi connectivity index (χ0n) is 17.1. The van der Waals surface area contributed by atoms with Crippen LogP contribution in [0.1, 0.15) is 35.7 Å². The lowest BCUT2D eigenvalue weighted by atomic mass is 9.99. The molecule has 0 saturated carbocycles. The lowest BCUT2D eigenvalue weighted by Crippen LogP contribution is -2.32. The van der Waals surface area contributed by atoms with Gasteiger partial charge in [0.1, 0.15) is 0 Å². The zero-order valence-corrected chi connectivity index (χ0v) is 18.0. The molecule has 0 radical (unpaired) electrons. The van der Waals surface area contributed by atoms with E-state index in [1.807, 2.05) is 49.3 Å². The van der Waals surface area contributed by atoms with Gasteiger partial charge in [0.05, 0.1) is 9.79 Å². The van der Waals surface area contributed by atoms with Crippen molar-refractivity contribution < 1.29 is 8.42 Å². The molecule has 2 aromatic carbocycles. The van der Waals surface area contributed by atoms with E-state index in [-0.39, 0.29) is 6.04 Å². The quantitative estimate of drug-likeness (QED) is 0.717. The molecular weight excluding hydrogens is 382 g/mol. The minimum Gasteiger partial charge on any atom is -0.347 e. The van der Waals surface area contributed by atoms with Crippen molar-refractivity contribution in [2.75, 3.05) is 14.1 Å². The topological polar surface area (TPSA) is 54.3 Å². The van der Waals surface area contributed by atoms with Crippen molar-refractivity contribution in [2.24, 2.45) is 7.05 Å². The summed E-state index contributed by atoms with van der Waals surface area (Å²) < 4.78 is 30.0. The Kier molecular flexibility index (Phi) is 4.35. The molecule has 2 unspecified atom stereocenters. The van der Waals surface area contributed by atoms with E-state index in [1.165, 1.54) is 11.3 Å². The normalized spacial score (nSPS) is 21.1. The summed E-state index contributed by atoms with van der Waals surface area (Å²) in [6, 6.07) is 13.8. The second-order valence-electron chi connectivity index (χ2n) is 8.62. The Labute approximate surface area is 172 Å². The molecule has 152 valence electrons. The second kappa shape index (κ2) is 6.69. The van der Waals surface area contributed by atoms with Crippen LogP contribution in [0.2, 0.25) is 0 Å². The largest absolute Gasteiger partial charge is 0.347 e. The van der Waals surface area contributed by atoms with Crippen LogP contribution in [0.15, 0.2) is 52.3 Å². The standard InChI is InChI=1S/C23H27N3O2S/c1-25(2)14-15-7-4-5-9-20(15)29(27,28)21-10-6-8-18-23(21)22-17-12-11-16(24-17)13-19(22)26(18)3/h4-10,16-17,24H,11-14H2,1-3H3. The summed E-state index contributed by atoms with van der Waals surface area (Å²) in [4.78, 5) is 2.85. The van der Waals surface area contributed by atoms with Crippen molar-refractivity contribution in [2.45, 2.75) is 47.7 Å². The Morgan fingerprint density at radius 2 is 1.83 bits per heavy atom. The molecule has 3 aromatic rings. The van der Waals surface area contributed by atoms with Crippen molar-refractivity contribution in [1.29, 1.82) is 0 Å². The molecule has 0 aliphatic carbocycles. The van der Waals surface area contributed by atoms with Gasteiger partial charge in [-0.05, 0) is 56.3 Å². The molecule has 2 aliphatic heterocycles. The summed E-state index contributed by atoms with van der Waals surface area (Å²) in [6.45, 7) is 0.587. The van der Waals surface area contributed by atoms with E-state index in [0.717, 1.165) is 35.7 Å². The molecule has 0 amide bonds. The van der Waals surface area contributed by atoms with Crippen LogP contribution in [0.3, 0.4) is 0 Å². The lowest BCUT2D eigenvalue weighted by Gasteiger charge is -2.23. The van der Waals surface area contributed by atoms with Crippen molar-refractivity contribution >= 4 is 20.7 Å². The second-order valence-corrected chi connectivity index (χ2v) is 10.5. The van der Waals surface area contributed by atoms with Gasteiger partial charge in [0.2, 0.25) is 9.84 Å². The first-order chi connectivity index (χ1) is 13.9. The number of hydrogen-bond donors (Lipinski definition) is 1. The molecule has 2 aliphatic rings. The van der Waals surface area contributed by atoms with Crippen LogP contribution in [0.4, 0.5) is 0 Å². The minimum absolute atomic E-state index is 0.251. The van der Waals surface area contributed by atoms with Gasteiger partial charge in [-0.25, -0.2) is 8.42 Å². The maximum absolute atomic E-state index is 13.9. The number of nitrogens with one attached hydrogen (secondary N) is 1. The van der Waals surface area contributed by atoms with Gasteiger partial charge in [-0.1, -0.05) is 24.3 Å². The maximum atomic E-state index is 13.9. The molecule has 1 saturated heterocycles. The van der Waals surface area contributed by atoms with Gasteiger partial charge in [-0.15, -0.1) is 0 Å². The van der Waals surface area contributed by atoms with Gasteiger partial charge in [0.25, 0.3) is 0 Å². The van der Waals surface area contributed by atoms with Gasteiger partial charge in [0.15, 0.2) is 0 Å². The highest BCUT2D eigenvalue weighted by atomic mass is 32.2. The van der Waals surface area contributed by atoms with E-state index in [0.29, 0.717) is 22.4 Å². The molecule has 6 heteroatoms. The molecule has 29 heavy (non-hydrogen) atoms. The number of benzene rings is 2. The number of sulfone groups is 1. The molecule has 5 rings (SSSR count). The van der Waals surface area contributed by atoms with Crippen molar-refractivity contribution in [3.8, 4) is 0 Å². The third-order valence-electron chi connectivity index (χ3n) is 6.42. The van der Waals surface area contributed by atoms with Crippen LogP contribution in [0, 0.1) is 0 Å².